The Morgan fingerprint density at radius 3 is 2.33 bits per heavy atom. The average molecular weight is 339 g/mol. The monoisotopic (exact) mass is 339 g/mol. The van der Waals surface area contributed by atoms with Crippen LogP contribution in [0.3, 0.4) is 0 Å². The normalized spacial score (nSPS) is 12.5. The highest BCUT2D eigenvalue weighted by Gasteiger charge is 2.20. The number of anilines is 1. The van der Waals surface area contributed by atoms with Crippen LogP contribution in [0.1, 0.15) is 11.1 Å². The van der Waals surface area contributed by atoms with E-state index in [1.54, 1.807) is 6.07 Å². The van der Waals surface area contributed by atoms with Gasteiger partial charge >= 0.3 is 0 Å². The molecule has 4 rings (SSSR count). The Hall–Kier alpha value is -2.66. The third-order valence-corrected chi connectivity index (χ3v) is 5.57. The molecule has 3 aromatic rings. The van der Waals surface area contributed by atoms with Crippen molar-refractivity contribution >= 4 is 15.7 Å². The second kappa shape index (κ2) is 5.46. The fourth-order valence-corrected chi connectivity index (χ4v) is 4.06. The van der Waals surface area contributed by atoms with Crippen LogP contribution in [0.2, 0.25) is 0 Å². The van der Waals surface area contributed by atoms with Crippen molar-refractivity contribution in [3.8, 4) is 11.1 Å². The van der Waals surface area contributed by atoms with Crippen LogP contribution in [0, 0.1) is 5.82 Å². The average Bonchev–Trinajstić information content (AvgIpc) is 2.93. The fourth-order valence-electron chi connectivity index (χ4n) is 3.02. The second-order valence-electron chi connectivity index (χ2n) is 5.77. The van der Waals surface area contributed by atoms with Crippen molar-refractivity contribution in [2.24, 2.45) is 0 Å². The molecule has 0 fully saturated rings. The minimum absolute atomic E-state index is 0.0322. The molecule has 1 N–H and O–H groups in total. The highest BCUT2D eigenvalue weighted by Crippen LogP contribution is 2.38. The van der Waals surface area contributed by atoms with Gasteiger partial charge < -0.3 is 0 Å². The molecule has 0 radical (unpaired) electrons. The summed E-state index contributed by atoms with van der Waals surface area (Å²) in [5.74, 6) is -0.469. The number of nitrogens with one attached hydrogen (secondary N) is 1. The number of hydrogen-bond donors (Lipinski definition) is 1. The van der Waals surface area contributed by atoms with E-state index in [1.807, 2.05) is 30.3 Å². The number of rotatable bonds is 3. The minimum atomic E-state index is -3.74. The molecule has 3 aromatic carbocycles. The zero-order valence-corrected chi connectivity index (χ0v) is 13.5. The molecule has 0 bridgehead atoms. The molecular formula is C19H14FNO2S. The van der Waals surface area contributed by atoms with Gasteiger partial charge in [-0.1, -0.05) is 30.3 Å². The van der Waals surface area contributed by atoms with Crippen molar-refractivity contribution in [2.45, 2.75) is 11.3 Å². The van der Waals surface area contributed by atoms with E-state index < -0.39 is 15.8 Å². The Morgan fingerprint density at radius 1 is 0.833 bits per heavy atom. The first-order chi connectivity index (χ1) is 11.5. The van der Waals surface area contributed by atoms with E-state index in [0.29, 0.717) is 5.69 Å². The molecule has 1 aliphatic carbocycles. The van der Waals surface area contributed by atoms with Crippen molar-refractivity contribution in [3.63, 3.8) is 0 Å². The summed E-state index contributed by atoms with van der Waals surface area (Å²) in [4.78, 5) is 0.0322. The van der Waals surface area contributed by atoms with E-state index in [1.165, 1.54) is 23.3 Å². The van der Waals surface area contributed by atoms with Gasteiger partial charge in [-0.15, -0.1) is 0 Å². The van der Waals surface area contributed by atoms with Crippen LogP contribution in [-0.4, -0.2) is 8.42 Å². The van der Waals surface area contributed by atoms with Crippen molar-refractivity contribution in [3.05, 3.63) is 83.7 Å². The molecule has 0 spiro atoms. The predicted octanol–water partition coefficient (Wildman–Crippen LogP) is 4.20. The molecule has 0 saturated carbocycles. The zero-order valence-electron chi connectivity index (χ0n) is 12.7. The van der Waals surface area contributed by atoms with Crippen LogP contribution in [-0.2, 0) is 16.4 Å². The number of halogens is 1. The molecule has 24 heavy (non-hydrogen) atoms. The van der Waals surface area contributed by atoms with E-state index in [-0.39, 0.29) is 4.90 Å². The highest BCUT2D eigenvalue weighted by molar-refractivity contribution is 7.92. The van der Waals surface area contributed by atoms with E-state index in [4.69, 9.17) is 0 Å². The molecule has 0 amide bonds. The van der Waals surface area contributed by atoms with Gasteiger partial charge in [0, 0.05) is 5.69 Å². The molecule has 0 heterocycles. The quantitative estimate of drug-likeness (QED) is 0.608. The first-order valence-electron chi connectivity index (χ1n) is 7.52. The van der Waals surface area contributed by atoms with Crippen molar-refractivity contribution in [2.75, 3.05) is 4.72 Å². The SMILES string of the molecule is O=S(=O)(Nc1ccc2c(c1)-c1ccccc1C2)c1ccc(F)cc1. The number of sulfonamides is 1. The largest absolute Gasteiger partial charge is 0.280 e. The van der Waals surface area contributed by atoms with E-state index >= 15 is 0 Å². The third-order valence-electron chi connectivity index (χ3n) is 4.17. The van der Waals surface area contributed by atoms with Gasteiger partial charge in [-0.25, -0.2) is 12.8 Å². The smallest absolute Gasteiger partial charge is 0.261 e. The molecule has 0 aliphatic heterocycles. The van der Waals surface area contributed by atoms with Crippen LogP contribution in [0.5, 0.6) is 0 Å². The minimum Gasteiger partial charge on any atom is -0.280 e. The molecule has 5 heteroatoms. The number of hydrogen-bond acceptors (Lipinski definition) is 2. The third kappa shape index (κ3) is 2.57. The van der Waals surface area contributed by atoms with Gasteiger partial charge in [0.05, 0.1) is 4.90 Å². The predicted molar refractivity (Wildman–Crippen MR) is 91.9 cm³/mol. The molecular weight excluding hydrogens is 325 g/mol. The summed E-state index contributed by atoms with van der Waals surface area (Å²) in [6.07, 6.45) is 0.858. The van der Waals surface area contributed by atoms with Gasteiger partial charge in [0.2, 0.25) is 0 Å². The van der Waals surface area contributed by atoms with E-state index in [9.17, 15) is 12.8 Å². The Kier molecular flexibility index (Phi) is 3.39. The van der Waals surface area contributed by atoms with Crippen molar-refractivity contribution in [1.82, 2.24) is 0 Å². The van der Waals surface area contributed by atoms with Crippen molar-refractivity contribution in [1.29, 1.82) is 0 Å². The summed E-state index contributed by atoms with van der Waals surface area (Å²) < 4.78 is 40.4. The fraction of sp³-hybridized carbons (Fsp3) is 0.0526. The zero-order chi connectivity index (χ0) is 16.7. The second-order valence-corrected chi connectivity index (χ2v) is 7.45. The van der Waals surface area contributed by atoms with E-state index in [2.05, 4.69) is 10.8 Å². The number of benzene rings is 3. The van der Waals surface area contributed by atoms with Crippen molar-refractivity contribution < 1.29 is 12.8 Å². The van der Waals surface area contributed by atoms with Gasteiger partial charge in [-0.3, -0.25) is 4.72 Å². The number of fused-ring (bicyclic) bond motifs is 3. The summed E-state index contributed by atoms with van der Waals surface area (Å²) in [6.45, 7) is 0. The summed E-state index contributed by atoms with van der Waals surface area (Å²) in [5.41, 5.74) is 5.10. The van der Waals surface area contributed by atoms with E-state index in [0.717, 1.165) is 29.7 Å². The lowest BCUT2D eigenvalue weighted by molar-refractivity contribution is 0.599. The van der Waals surface area contributed by atoms with Crippen LogP contribution >= 0.6 is 0 Å². The van der Waals surface area contributed by atoms with Crippen LogP contribution in [0.15, 0.2) is 71.6 Å². The maximum Gasteiger partial charge on any atom is 0.261 e. The van der Waals surface area contributed by atoms with Crippen LogP contribution in [0.25, 0.3) is 11.1 Å². The summed E-state index contributed by atoms with van der Waals surface area (Å²) in [5, 5.41) is 0. The first-order valence-corrected chi connectivity index (χ1v) is 9.01. The lowest BCUT2D eigenvalue weighted by atomic mass is 10.1. The molecule has 0 saturated heterocycles. The van der Waals surface area contributed by atoms with Gasteiger partial charge in [0.15, 0.2) is 0 Å². The lowest BCUT2D eigenvalue weighted by Crippen LogP contribution is -2.13. The Labute approximate surface area is 139 Å². The molecule has 120 valence electrons. The summed E-state index contributed by atoms with van der Waals surface area (Å²) in [6, 6.07) is 18.4. The van der Waals surface area contributed by atoms with Crippen LogP contribution < -0.4 is 4.72 Å². The Bertz CT molecular complexity index is 1030. The van der Waals surface area contributed by atoms with Crippen LogP contribution in [0.4, 0.5) is 10.1 Å². The topological polar surface area (TPSA) is 46.2 Å². The van der Waals surface area contributed by atoms with Gasteiger partial charge in [0.25, 0.3) is 10.0 Å². The molecule has 0 unspecified atom stereocenters. The maximum atomic E-state index is 13.0. The molecule has 1 aliphatic rings. The molecule has 0 aromatic heterocycles. The van der Waals surface area contributed by atoms with Gasteiger partial charge in [0.1, 0.15) is 5.82 Å². The summed E-state index contributed by atoms with van der Waals surface area (Å²) >= 11 is 0. The molecule has 3 nitrogen and oxygen atoms in total. The Balaban J connectivity index is 1.69. The lowest BCUT2D eigenvalue weighted by Gasteiger charge is -2.10. The highest BCUT2D eigenvalue weighted by atomic mass is 32.2. The standard InChI is InChI=1S/C19H14FNO2S/c20-15-6-9-17(10-7-15)24(22,23)21-16-8-5-14-11-13-3-1-2-4-18(13)19(14)12-16/h1-10,12,21H,11H2. The Morgan fingerprint density at radius 2 is 1.54 bits per heavy atom. The molecule has 0 atom stereocenters. The van der Waals surface area contributed by atoms with Gasteiger partial charge in [-0.05, 0) is 65.1 Å². The first kappa shape index (κ1) is 14.9. The maximum absolute atomic E-state index is 13.0. The van der Waals surface area contributed by atoms with Gasteiger partial charge in [-0.2, -0.15) is 0 Å². The summed E-state index contributed by atoms with van der Waals surface area (Å²) in [7, 11) is -3.74.